The highest BCUT2D eigenvalue weighted by atomic mass is 35.5. The van der Waals surface area contributed by atoms with E-state index in [0.717, 1.165) is 49.6 Å². The fraction of sp³-hybridized carbons (Fsp3) is 0.455. The molecule has 0 radical (unpaired) electrons. The van der Waals surface area contributed by atoms with Crippen molar-refractivity contribution >= 4 is 17.5 Å². The van der Waals surface area contributed by atoms with Gasteiger partial charge in [-0.25, -0.2) is 0 Å². The normalized spacial score (nSPS) is 17.3. The second-order valence-corrected chi connectivity index (χ2v) is 7.55. The number of hydrogen-bond acceptors (Lipinski definition) is 3. The number of likely N-dealkylation sites (N-methyl/N-ethyl adjacent to an activating group) is 1. The maximum absolute atomic E-state index is 12.8. The van der Waals surface area contributed by atoms with E-state index in [-0.39, 0.29) is 5.91 Å². The monoisotopic (exact) mass is 385 g/mol. The van der Waals surface area contributed by atoms with Gasteiger partial charge in [0.05, 0.1) is 0 Å². The smallest absolute Gasteiger partial charge is 0.222 e. The molecule has 0 saturated carbocycles. The summed E-state index contributed by atoms with van der Waals surface area (Å²) in [6.07, 6.45) is 7.12. The molecule has 0 bridgehead atoms. The maximum atomic E-state index is 12.8. The van der Waals surface area contributed by atoms with Gasteiger partial charge >= 0.3 is 0 Å². The minimum Gasteiger partial charge on any atom is -0.341 e. The molecular weight excluding hydrogens is 358 g/mol. The highest BCUT2D eigenvalue weighted by molar-refractivity contribution is 6.31. The van der Waals surface area contributed by atoms with Gasteiger partial charge in [0.15, 0.2) is 0 Å². The maximum Gasteiger partial charge on any atom is 0.222 e. The fourth-order valence-electron chi connectivity index (χ4n) is 3.80. The van der Waals surface area contributed by atoms with E-state index >= 15 is 0 Å². The van der Waals surface area contributed by atoms with E-state index in [2.05, 4.69) is 28.9 Å². The molecule has 1 amide bonds. The van der Waals surface area contributed by atoms with Gasteiger partial charge in [0.2, 0.25) is 5.91 Å². The Morgan fingerprint density at radius 2 is 2.04 bits per heavy atom. The van der Waals surface area contributed by atoms with Gasteiger partial charge in [-0.2, -0.15) is 0 Å². The standard InChI is InChI=1S/C22H28ClN3O/c1-2-25(16-18-11-13-24-14-12-18)20-7-5-15-26(17-20)22(27)10-9-19-6-3-4-8-21(19)23/h3-4,6,8,11-14,20H,2,5,7,9-10,15-17H2,1H3/t20-/m0/s1. The summed E-state index contributed by atoms with van der Waals surface area (Å²) in [6, 6.07) is 12.3. The van der Waals surface area contributed by atoms with Gasteiger partial charge in [-0.05, 0) is 55.1 Å². The topological polar surface area (TPSA) is 36.4 Å². The number of piperidine rings is 1. The fourth-order valence-corrected chi connectivity index (χ4v) is 4.03. The van der Waals surface area contributed by atoms with Crippen LogP contribution in [0.2, 0.25) is 5.02 Å². The molecule has 2 heterocycles. The van der Waals surface area contributed by atoms with Gasteiger partial charge in [-0.3, -0.25) is 14.7 Å². The number of hydrogen-bond donors (Lipinski definition) is 0. The average molecular weight is 386 g/mol. The summed E-state index contributed by atoms with van der Waals surface area (Å²) in [5.74, 6) is 0.236. The number of halogens is 1. The lowest BCUT2D eigenvalue weighted by atomic mass is 10.0. The second-order valence-electron chi connectivity index (χ2n) is 7.15. The van der Waals surface area contributed by atoms with Gasteiger partial charge < -0.3 is 4.90 Å². The van der Waals surface area contributed by atoms with Crippen LogP contribution < -0.4 is 0 Å². The van der Waals surface area contributed by atoms with E-state index in [4.69, 9.17) is 11.6 Å². The lowest BCUT2D eigenvalue weighted by Crippen LogP contribution is -2.49. The van der Waals surface area contributed by atoms with Crippen molar-refractivity contribution in [1.29, 1.82) is 0 Å². The lowest BCUT2D eigenvalue weighted by molar-refractivity contribution is -0.133. The number of aromatic nitrogens is 1. The first-order valence-electron chi connectivity index (χ1n) is 9.81. The van der Waals surface area contributed by atoms with Crippen LogP contribution in [0.1, 0.15) is 37.3 Å². The van der Waals surface area contributed by atoms with Gasteiger partial charge in [0.25, 0.3) is 0 Å². The third kappa shape index (κ3) is 5.53. The summed E-state index contributed by atoms with van der Waals surface area (Å²) >= 11 is 6.22. The predicted molar refractivity (Wildman–Crippen MR) is 110 cm³/mol. The second kappa shape index (κ2) is 9.86. The van der Waals surface area contributed by atoms with Gasteiger partial charge in [-0.1, -0.05) is 36.7 Å². The van der Waals surface area contributed by atoms with E-state index in [1.54, 1.807) is 0 Å². The van der Waals surface area contributed by atoms with Crippen LogP contribution in [-0.2, 0) is 17.8 Å². The van der Waals surface area contributed by atoms with Crippen molar-refractivity contribution in [3.05, 3.63) is 64.9 Å². The van der Waals surface area contributed by atoms with Crippen molar-refractivity contribution < 1.29 is 4.79 Å². The summed E-state index contributed by atoms with van der Waals surface area (Å²) in [6.45, 7) is 5.77. The zero-order valence-corrected chi connectivity index (χ0v) is 16.7. The van der Waals surface area contributed by atoms with Crippen LogP contribution in [0, 0.1) is 0 Å². The van der Waals surface area contributed by atoms with Crippen molar-refractivity contribution in [3.8, 4) is 0 Å². The number of likely N-dealkylation sites (tertiary alicyclic amines) is 1. The summed E-state index contributed by atoms with van der Waals surface area (Å²) in [5, 5.41) is 0.747. The van der Waals surface area contributed by atoms with E-state index < -0.39 is 0 Å². The predicted octanol–water partition coefficient (Wildman–Crippen LogP) is 4.18. The van der Waals surface area contributed by atoms with E-state index in [1.807, 2.05) is 41.6 Å². The van der Waals surface area contributed by atoms with Crippen LogP contribution in [0.5, 0.6) is 0 Å². The zero-order valence-electron chi connectivity index (χ0n) is 16.0. The lowest BCUT2D eigenvalue weighted by Gasteiger charge is -2.39. The SMILES string of the molecule is CCN(Cc1ccncc1)[C@H]1CCCN(C(=O)CCc2ccccc2Cl)C1. The number of amides is 1. The van der Waals surface area contributed by atoms with E-state index in [1.165, 1.54) is 5.56 Å². The number of carbonyl (C=O) groups is 1. The highest BCUT2D eigenvalue weighted by Crippen LogP contribution is 2.21. The largest absolute Gasteiger partial charge is 0.341 e. The number of rotatable bonds is 7. The Morgan fingerprint density at radius 3 is 2.78 bits per heavy atom. The number of carbonyl (C=O) groups excluding carboxylic acids is 1. The molecule has 1 atom stereocenters. The molecule has 4 nitrogen and oxygen atoms in total. The van der Waals surface area contributed by atoms with Crippen LogP contribution >= 0.6 is 11.6 Å². The molecule has 1 aromatic carbocycles. The molecular formula is C22H28ClN3O. The summed E-state index contributed by atoms with van der Waals surface area (Å²) < 4.78 is 0. The van der Waals surface area contributed by atoms with Gasteiger partial charge in [-0.15, -0.1) is 0 Å². The Labute approximate surface area is 167 Å². The van der Waals surface area contributed by atoms with E-state index in [0.29, 0.717) is 18.9 Å². The third-order valence-corrected chi connectivity index (χ3v) is 5.74. The number of aryl methyl sites for hydroxylation is 1. The Balaban J connectivity index is 1.56. The highest BCUT2D eigenvalue weighted by Gasteiger charge is 2.27. The zero-order chi connectivity index (χ0) is 19.1. The molecule has 2 aromatic rings. The summed E-state index contributed by atoms with van der Waals surface area (Å²) in [7, 11) is 0. The molecule has 144 valence electrons. The average Bonchev–Trinajstić information content (AvgIpc) is 2.72. The first-order chi connectivity index (χ1) is 13.2. The van der Waals surface area contributed by atoms with Crippen LogP contribution in [0.25, 0.3) is 0 Å². The quantitative estimate of drug-likeness (QED) is 0.717. The molecule has 0 spiro atoms. The Morgan fingerprint density at radius 1 is 1.26 bits per heavy atom. The minimum atomic E-state index is 0.236. The van der Waals surface area contributed by atoms with Crippen LogP contribution in [0.4, 0.5) is 0 Å². The third-order valence-electron chi connectivity index (χ3n) is 5.37. The molecule has 27 heavy (non-hydrogen) atoms. The number of benzene rings is 1. The van der Waals surface area contributed by atoms with Crippen LogP contribution in [0.3, 0.4) is 0 Å². The summed E-state index contributed by atoms with van der Waals surface area (Å²) in [4.78, 5) is 21.4. The molecule has 0 aliphatic carbocycles. The van der Waals surface area contributed by atoms with Crippen molar-refractivity contribution in [2.45, 2.75) is 45.2 Å². The van der Waals surface area contributed by atoms with Gasteiger partial charge in [0.1, 0.15) is 0 Å². The Hall–Kier alpha value is -1.91. The summed E-state index contributed by atoms with van der Waals surface area (Å²) in [5.41, 5.74) is 2.32. The van der Waals surface area contributed by atoms with Crippen LogP contribution in [-0.4, -0.2) is 46.4 Å². The molecule has 1 aliphatic heterocycles. The van der Waals surface area contributed by atoms with Crippen molar-refractivity contribution in [3.63, 3.8) is 0 Å². The van der Waals surface area contributed by atoms with Crippen molar-refractivity contribution in [2.24, 2.45) is 0 Å². The molecule has 0 unspecified atom stereocenters. The molecule has 1 saturated heterocycles. The Bertz CT molecular complexity index is 737. The molecule has 1 fully saturated rings. The van der Waals surface area contributed by atoms with Crippen molar-refractivity contribution in [1.82, 2.24) is 14.8 Å². The number of nitrogens with zero attached hydrogens (tertiary/aromatic N) is 3. The molecule has 0 N–H and O–H groups in total. The molecule has 3 rings (SSSR count). The van der Waals surface area contributed by atoms with E-state index in [9.17, 15) is 4.79 Å². The van der Waals surface area contributed by atoms with Gasteiger partial charge in [0, 0.05) is 49.5 Å². The molecule has 1 aliphatic rings. The Kier molecular flexibility index (Phi) is 7.25. The molecule has 1 aromatic heterocycles. The first kappa shape index (κ1) is 19.8. The minimum absolute atomic E-state index is 0.236. The van der Waals surface area contributed by atoms with Crippen LogP contribution in [0.15, 0.2) is 48.8 Å². The molecule has 5 heteroatoms. The van der Waals surface area contributed by atoms with Crippen molar-refractivity contribution in [2.75, 3.05) is 19.6 Å². The first-order valence-corrected chi connectivity index (χ1v) is 10.2. The number of pyridine rings is 1.